The van der Waals surface area contributed by atoms with Crippen molar-refractivity contribution in [2.75, 3.05) is 98.6 Å². The summed E-state index contributed by atoms with van der Waals surface area (Å²) < 4.78 is 0. The van der Waals surface area contributed by atoms with Crippen LogP contribution >= 0.6 is 86.5 Å². The average molecular weight is 1340 g/mol. The molecule has 16 heteroatoms. The van der Waals surface area contributed by atoms with Gasteiger partial charge in [0, 0.05) is 71.5 Å². The molecule has 4 nitrogen and oxygen atoms in total. The van der Waals surface area contributed by atoms with Crippen molar-refractivity contribution in [2.45, 2.75) is 96.5 Å². The highest BCUT2D eigenvalue weighted by atomic mass is 35.5. The molecule has 0 radical (unpaired) electrons. The molecule has 12 N–H and O–H groups in total. The smallest absolute Gasteiger partial charge is 0.132 e. The van der Waals surface area contributed by atoms with Crippen LogP contribution in [-0.4, -0.2) is 120 Å². The minimum absolute atomic E-state index is 0. The van der Waals surface area contributed by atoms with Gasteiger partial charge in [-0.05, 0) is 101 Å². The maximum atomic E-state index is 5.69. The lowest BCUT2D eigenvalue weighted by Gasteiger charge is -2.34. The first kappa shape index (κ1) is 85.1. The zero-order valence-electron chi connectivity index (χ0n) is 50.1. The van der Waals surface area contributed by atoms with Crippen molar-refractivity contribution in [3.8, 4) is 47.4 Å². The first-order valence-corrected chi connectivity index (χ1v) is 40.1. The number of rotatable bonds is 20. The fraction of sp³-hybridized carbons (Fsp3) is 0.500. The maximum Gasteiger partial charge on any atom is 0.132 e. The van der Waals surface area contributed by atoms with E-state index in [-0.39, 0.29) is 73.8 Å². The lowest BCUT2D eigenvalue weighted by Crippen LogP contribution is -3.00. The summed E-state index contributed by atoms with van der Waals surface area (Å²) in [6.07, 6.45) is 35.2. The fourth-order valence-electron chi connectivity index (χ4n) is 7.89. The zero-order valence-corrected chi connectivity index (χ0v) is 59.4. The minimum atomic E-state index is -0.769. The van der Waals surface area contributed by atoms with Crippen molar-refractivity contribution < 1.29 is 72.6 Å². The molecule has 0 saturated carbocycles. The van der Waals surface area contributed by atoms with Crippen LogP contribution in [0.25, 0.3) is 0 Å². The molecule has 0 saturated heterocycles. The number of hydrogen-bond donors (Lipinski definition) is 4. The normalized spacial score (nSPS) is 14.4. The second-order valence-corrected chi connectivity index (χ2v) is 40.9. The Morgan fingerprint density at radius 1 is 0.300 bits per heavy atom. The summed E-state index contributed by atoms with van der Waals surface area (Å²) in [5, 5.41) is 1.35. The Morgan fingerprint density at radius 2 is 0.450 bits per heavy atom. The van der Waals surface area contributed by atoms with Gasteiger partial charge in [-0.3, -0.25) is 0 Å². The van der Waals surface area contributed by atoms with Crippen LogP contribution in [-0.2, 0) is 0 Å². The summed E-state index contributed by atoms with van der Waals surface area (Å²) in [6.45, 7) is 0. The van der Waals surface area contributed by atoms with Crippen molar-refractivity contribution in [2.24, 2.45) is 0 Å². The van der Waals surface area contributed by atoms with Gasteiger partial charge in [0.05, 0.1) is 0 Å². The van der Waals surface area contributed by atoms with Crippen LogP contribution < -0.4 is 72.6 Å². The van der Waals surface area contributed by atoms with Gasteiger partial charge < -0.3 is 72.6 Å². The number of benzene rings is 4. The molecular formula is C64H100Cl8N4S4. The van der Waals surface area contributed by atoms with Crippen LogP contribution in [0, 0.1) is 47.4 Å². The molecule has 0 aliphatic carbocycles. The highest BCUT2D eigenvalue weighted by Gasteiger charge is 2.32. The van der Waals surface area contributed by atoms with Gasteiger partial charge >= 0.3 is 0 Å². The quantitative estimate of drug-likeness (QED) is 0.0554. The molecule has 80 heavy (non-hydrogen) atoms. The van der Waals surface area contributed by atoms with Crippen LogP contribution in [0.15, 0.2) is 121 Å². The standard InChI is InChI=1S/4C16H24ClNS.4ClH/c4*1-19(2,3)15(12-8-5-9-13-17)16(18)14-10-6-4-7-11-14;;;;/h4*4,6-7,10-11,15-16H,5,9,13,18H2,1-3H3;4*1H/t4*15-,16-;;;;/m1100..../s1. The Kier molecular flexibility index (Phi) is 49.9. The Balaban J connectivity index is -0.000000473. The minimum Gasteiger partial charge on any atom is -1.00 e. The Morgan fingerprint density at radius 3 is 0.575 bits per heavy atom. The second-order valence-electron chi connectivity index (χ2n) is 21.9. The molecule has 0 aliphatic rings. The number of alkyl halides is 4. The summed E-state index contributed by atoms with van der Waals surface area (Å²) in [5.74, 6) is 29.7. The number of halogens is 8. The highest BCUT2D eigenvalue weighted by molar-refractivity contribution is 8.33. The summed E-state index contributed by atoms with van der Waals surface area (Å²) >= 11 is 22.8. The molecular weight excluding hydrogens is 1240 g/mol. The van der Waals surface area contributed by atoms with E-state index in [0.717, 1.165) is 51.4 Å². The Bertz CT molecular complexity index is 2070. The van der Waals surface area contributed by atoms with Gasteiger partial charge in [-0.15, -0.1) is 70.1 Å². The number of quaternary nitrogens is 4. The Hall–Kier alpha value is -1.32. The molecule has 4 aromatic rings. The van der Waals surface area contributed by atoms with E-state index in [4.69, 9.17) is 46.4 Å². The molecule has 0 aliphatic heterocycles. The van der Waals surface area contributed by atoms with E-state index in [9.17, 15) is 0 Å². The van der Waals surface area contributed by atoms with Gasteiger partial charge in [-0.1, -0.05) is 145 Å². The summed E-state index contributed by atoms with van der Waals surface area (Å²) in [4.78, 5) is 0. The molecule has 0 spiro atoms. The van der Waals surface area contributed by atoms with E-state index in [1.54, 1.807) is 0 Å². The van der Waals surface area contributed by atoms with Gasteiger partial charge in [-0.2, -0.15) is 0 Å². The SMILES string of the molecule is CS(C)(C)[C@@H](C#CCCCCl)[C@@H]([NH3+])c1ccccc1.CS(C)(C)[C@@H](C#CCCCCl)[C@@H]([NH3+])c1ccccc1.CS(C)(C)[C@H](C#CCCCCl)[C@H]([NH3+])c1ccccc1.CS(C)(C)[C@H](C#CCCCCl)[C@H]([NH3+])c1ccccc1.[Cl-].[Cl-].[Cl-].[Cl-]. The van der Waals surface area contributed by atoms with Crippen LogP contribution in [0.2, 0.25) is 0 Å². The molecule has 456 valence electrons. The topological polar surface area (TPSA) is 111 Å². The van der Waals surface area contributed by atoms with Crippen molar-refractivity contribution in [1.82, 2.24) is 0 Å². The maximum absolute atomic E-state index is 5.69. The first-order chi connectivity index (χ1) is 35.9. The van der Waals surface area contributed by atoms with E-state index in [1.165, 1.54) is 22.3 Å². The average Bonchev–Trinajstić information content (AvgIpc) is 3.38. The summed E-state index contributed by atoms with van der Waals surface area (Å²) in [7, 11) is -3.07. The third-order valence-electron chi connectivity index (χ3n) is 12.1. The van der Waals surface area contributed by atoms with E-state index >= 15 is 0 Å². The van der Waals surface area contributed by atoms with Crippen molar-refractivity contribution in [3.63, 3.8) is 0 Å². The van der Waals surface area contributed by atoms with Crippen molar-refractivity contribution in [1.29, 1.82) is 0 Å². The molecule has 4 aromatic carbocycles. The lowest BCUT2D eigenvalue weighted by molar-refractivity contribution is -0.423. The predicted octanol–water partition coefficient (Wildman–Crippen LogP) is 0.234. The number of hydrogen-bond acceptors (Lipinski definition) is 0. The first-order valence-electron chi connectivity index (χ1n) is 26.2. The van der Waals surface area contributed by atoms with Gasteiger partial charge in [0.25, 0.3) is 0 Å². The molecule has 0 amide bonds. The molecule has 0 aromatic heterocycles. The van der Waals surface area contributed by atoms with E-state index in [0.29, 0.717) is 44.5 Å². The second kappa shape index (κ2) is 46.9. The zero-order chi connectivity index (χ0) is 57.2. The summed E-state index contributed by atoms with van der Waals surface area (Å²) in [6, 6.07) is 42.9. The van der Waals surface area contributed by atoms with E-state index in [2.05, 4.69) is 242 Å². The monoisotopic (exact) mass is 1330 g/mol. The molecule has 0 bridgehead atoms. The van der Waals surface area contributed by atoms with E-state index < -0.39 is 40.1 Å². The van der Waals surface area contributed by atoms with Crippen LogP contribution in [0.4, 0.5) is 0 Å². The largest absolute Gasteiger partial charge is 1.00 e. The molecule has 4 rings (SSSR count). The summed E-state index contributed by atoms with van der Waals surface area (Å²) in [5.41, 5.74) is 22.6. The number of unbranched alkanes of at least 4 members (excludes halogenated alkanes) is 4. The lowest BCUT2D eigenvalue weighted by atomic mass is 10.0. The Labute approximate surface area is 540 Å². The van der Waals surface area contributed by atoms with Gasteiger partial charge in [0.1, 0.15) is 45.2 Å². The van der Waals surface area contributed by atoms with Crippen molar-refractivity contribution in [3.05, 3.63) is 144 Å². The predicted molar refractivity (Wildman–Crippen MR) is 356 cm³/mol. The third kappa shape index (κ3) is 35.9. The van der Waals surface area contributed by atoms with Gasteiger partial charge in [-0.25, -0.2) is 40.1 Å². The van der Waals surface area contributed by atoms with Crippen LogP contribution in [0.5, 0.6) is 0 Å². The molecule has 0 unspecified atom stereocenters. The van der Waals surface area contributed by atoms with Crippen LogP contribution in [0.3, 0.4) is 0 Å². The molecule has 0 fully saturated rings. The van der Waals surface area contributed by atoms with Crippen molar-refractivity contribution >= 4 is 86.5 Å². The molecule has 0 heterocycles. The highest BCUT2D eigenvalue weighted by Crippen LogP contribution is 2.47. The molecule has 8 atom stereocenters. The van der Waals surface area contributed by atoms with Crippen LogP contribution in [0.1, 0.15) is 97.8 Å². The van der Waals surface area contributed by atoms with Gasteiger partial charge in [0.2, 0.25) is 0 Å². The van der Waals surface area contributed by atoms with E-state index in [1.807, 2.05) is 24.3 Å². The third-order valence-corrected chi connectivity index (χ3v) is 21.1. The van der Waals surface area contributed by atoms with Gasteiger partial charge in [0.15, 0.2) is 0 Å². The fourth-order valence-corrected chi connectivity index (χ4v) is 14.7.